The van der Waals surface area contributed by atoms with Crippen molar-refractivity contribution in [3.63, 3.8) is 0 Å². The van der Waals surface area contributed by atoms with Gasteiger partial charge in [-0.2, -0.15) is 8.78 Å². The van der Waals surface area contributed by atoms with Gasteiger partial charge in [0, 0.05) is 35.9 Å². The Morgan fingerprint density at radius 2 is 1.88 bits per heavy atom. The van der Waals surface area contributed by atoms with Gasteiger partial charge in [-0.05, 0) is 48.5 Å². The number of carbonyl (C=O) groups excluding carboxylic acids is 1. The Morgan fingerprint density at radius 1 is 1.06 bits per heavy atom. The summed E-state index contributed by atoms with van der Waals surface area (Å²) in [4.78, 5) is 29.0. The van der Waals surface area contributed by atoms with E-state index in [1.807, 2.05) is 0 Å². The molecular formula is C23H17F2N3O4. The molecule has 0 aliphatic heterocycles. The summed E-state index contributed by atoms with van der Waals surface area (Å²) in [5.74, 6) is 0.129. The fourth-order valence-electron chi connectivity index (χ4n) is 3.14. The number of hydrogen-bond donors (Lipinski definition) is 1. The quantitative estimate of drug-likeness (QED) is 0.478. The van der Waals surface area contributed by atoms with Gasteiger partial charge >= 0.3 is 6.61 Å². The van der Waals surface area contributed by atoms with Crippen LogP contribution < -0.4 is 20.3 Å². The van der Waals surface area contributed by atoms with Crippen LogP contribution in [-0.4, -0.2) is 22.1 Å². The first-order valence-electron chi connectivity index (χ1n) is 9.48. The van der Waals surface area contributed by atoms with E-state index in [9.17, 15) is 18.4 Å². The van der Waals surface area contributed by atoms with Crippen LogP contribution in [-0.2, 0) is 7.05 Å². The number of nitrogens with zero attached hydrogens (tertiary/aromatic N) is 2. The highest BCUT2D eigenvalue weighted by Crippen LogP contribution is 2.30. The van der Waals surface area contributed by atoms with E-state index in [4.69, 9.17) is 4.74 Å². The van der Waals surface area contributed by atoms with Gasteiger partial charge in [0.1, 0.15) is 17.2 Å². The van der Waals surface area contributed by atoms with Crippen LogP contribution in [0, 0.1) is 0 Å². The molecule has 1 N–H and O–H groups in total. The highest BCUT2D eigenvalue weighted by Gasteiger charge is 2.13. The maximum Gasteiger partial charge on any atom is 0.387 e. The minimum absolute atomic E-state index is 0.117. The SMILES string of the molecule is Cn1c(=O)cc(Oc2cccnc2)c2cc(NC(=O)c3cccc(OC(F)F)c3)ccc21. The zero-order valence-electron chi connectivity index (χ0n) is 16.8. The molecule has 2 aromatic heterocycles. The lowest BCUT2D eigenvalue weighted by Gasteiger charge is -2.13. The zero-order valence-corrected chi connectivity index (χ0v) is 16.8. The fraction of sp³-hybridized carbons (Fsp3) is 0.0870. The first-order chi connectivity index (χ1) is 15.4. The molecule has 0 spiro atoms. The number of nitrogens with one attached hydrogen (secondary N) is 1. The topological polar surface area (TPSA) is 82.5 Å². The van der Waals surface area contributed by atoms with Gasteiger partial charge in [-0.1, -0.05) is 6.07 Å². The average Bonchev–Trinajstić information content (AvgIpc) is 2.78. The summed E-state index contributed by atoms with van der Waals surface area (Å²) in [6, 6.07) is 15.2. The van der Waals surface area contributed by atoms with E-state index >= 15 is 0 Å². The zero-order chi connectivity index (χ0) is 22.7. The first-order valence-corrected chi connectivity index (χ1v) is 9.48. The van der Waals surface area contributed by atoms with E-state index in [0.717, 1.165) is 0 Å². The normalized spacial score (nSPS) is 10.9. The molecule has 2 aromatic carbocycles. The number of aryl methyl sites for hydroxylation is 1. The van der Waals surface area contributed by atoms with E-state index in [0.29, 0.717) is 28.1 Å². The van der Waals surface area contributed by atoms with Crippen molar-refractivity contribution in [2.24, 2.45) is 7.05 Å². The second-order valence-electron chi connectivity index (χ2n) is 6.79. The minimum Gasteiger partial charge on any atom is -0.455 e. The molecule has 0 atom stereocenters. The third-order valence-corrected chi connectivity index (χ3v) is 4.65. The molecule has 0 aliphatic carbocycles. The molecule has 0 saturated carbocycles. The number of halogens is 2. The molecule has 162 valence electrons. The molecule has 0 aliphatic rings. The molecule has 4 rings (SSSR count). The van der Waals surface area contributed by atoms with Gasteiger partial charge in [-0.25, -0.2) is 0 Å². The summed E-state index contributed by atoms with van der Waals surface area (Å²) >= 11 is 0. The van der Waals surface area contributed by atoms with Crippen molar-refractivity contribution in [3.8, 4) is 17.2 Å². The van der Waals surface area contributed by atoms with E-state index in [1.54, 1.807) is 43.6 Å². The number of aromatic nitrogens is 2. The summed E-state index contributed by atoms with van der Waals surface area (Å²) < 4.78 is 36.5. The van der Waals surface area contributed by atoms with Gasteiger partial charge in [-0.3, -0.25) is 14.6 Å². The average molecular weight is 437 g/mol. The number of alkyl halides is 2. The Bertz CT molecular complexity index is 1340. The van der Waals surface area contributed by atoms with Crippen molar-refractivity contribution < 1.29 is 23.0 Å². The second kappa shape index (κ2) is 8.84. The van der Waals surface area contributed by atoms with Gasteiger partial charge in [0.2, 0.25) is 0 Å². The van der Waals surface area contributed by atoms with Crippen LogP contribution in [0.4, 0.5) is 14.5 Å². The Hall–Kier alpha value is -4.27. The Kier molecular flexibility index (Phi) is 5.80. The van der Waals surface area contributed by atoms with E-state index in [1.165, 1.54) is 41.1 Å². The third-order valence-electron chi connectivity index (χ3n) is 4.65. The number of carbonyl (C=O) groups is 1. The van der Waals surface area contributed by atoms with Crippen LogP contribution in [0.5, 0.6) is 17.2 Å². The second-order valence-corrected chi connectivity index (χ2v) is 6.79. The molecule has 32 heavy (non-hydrogen) atoms. The Balaban J connectivity index is 1.67. The number of benzene rings is 2. The molecule has 1 amide bonds. The van der Waals surface area contributed by atoms with Crippen LogP contribution >= 0.6 is 0 Å². The summed E-state index contributed by atoms with van der Waals surface area (Å²) in [6.07, 6.45) is 3.12. The van der Waals surface area contributed by atoms with Crippen molar-refractivity contribution in [1.82, 2.24) is 9.55 Å². The largest absolute Gasteiger partial charge is 0.455 e. The molecule has 7 nitrogen and oxygen atoms in total. The van der Waals surface area contributed by atoms with Gasteiger partial charge in [0.25, 0.3) is 11.5 Å². The predicted octanol–water partition coefficient (Wildman–Crippen LogP) is 4.58. The summed E-state index contributed by atoms with van der Waals surface area (Å²) in [7, 11) is 1.63. The molecule has 0 radical (unpaired) electrons. The Morgan fingerprint density at radius 3 is 2.62 bits per heavy atom. The van der Waals surface area contributed by atoms with Crippen molar-refractivity contribution in [3.05, 3.63) is 89.0 Å². The number of hydrogen-bond acceptors (Lipinski definition) is 5. The van der Waals surface area contributed by atoms with Crippen LogP contribution in [0.3, 0.4) is 0 Å². The molecular weight excluding hydrogens is 420 g/mol. The van der Waals surface area contributed by atoms with E-state index in [-0.39, 0.29) is 16.9 Å². The molecule has 0 saturated heterocycles. The van der Waals surface area contributed by atoms with E-state index in [2.05, 4.69) is 15.0 Å². The number of amides is 1. The van der Waals surface area contributed by atoms with Gasteiger partial charge in [-0.15, -0.1) is 0 Å². The van der Waals surface area contributed by atoms with Crippen LogP contribution in [0.15, 0.2) is 77.9 Å². The fourth-order valence-corrected chi connectivity index (χ4v) is 3.14. The maximum atomic E-state index is 12.6. The lowest BCUT2D eigenvalue weighted by atomic mass is 10.1. The predicted molar refractivity (Wildman–Crippen MR) is 115 cm³/mol. The van der Waals surface area contributed by atoms with Crippen molar-refractivity contribution in [1.29, 1.82) is 0 Å². The van der Waals surface area contributed by atoms with Gasteiger partial charge in [0.15, 0.2) is 0 Å². The lowest BCUT2D eigenvalue weighted by molar-refractivity contribution is -0.0498. The molecule has 4 aromatic rings. The molecule has 0 bridgehead atoms. The first kappa shape index (κ1) is 21.0. The smallest absolute Gasteiger partial charge is 0.387 e. The molecule has 2 heterocycles. The maximum absolute atomic E-state index is 12.6. The lowest BCUT2D eigenvalue weighted by Crippen LogP contribution is -2.16. The van der Waals surface area contributed by atoms with Crippen LogP contribution in [0.1, 0.15) is 10.4 Å². The number of pyridine rings is 2. The molecule has 9 heteroatoms. The highest BCUT2D eigenvalue weighted by atomic mass is 19.3. The Labute approximate surface area is 180 Å². The standard InChI is InChI=1S/C23H17F2N3O4/c1-28-19-8-7-15(27-22(30)14-4-2-5-16(10-14)32-23(24)25)11-18(19)20(12-21(28)29)31-17-6-3-9-26-13-17/h2-13,23H,1H3,(H,27,30). The summed E-state index contributed by atoms with van der Waals surface area (Å²) in [5.41, 5.74) is 0.915. The molecule has 0 unspecified atom stereocenters. The van der Waals surface area contributed by atoms with Crippen LogP contribution in [0.2, 0.25) is 0 Å². The number of rotatable bonds is 6. The van der Waals surface area contributed by atoms with E-state index < -0.39 is 12.5 Å². The van der Waals surface area contributed by atoms with Gasteiger partial charge < -0.3 is 19.4 Å². The van der Waals surface area contributed by atoms with Crippen molar-refractivity contribution in [2.45, 2.75) is 6.61 Å². The van der Waals surface area contributed by atoms with Crippen molar-refractivity contribution in [2.75, 3.05) is 5.32 Å². The van der Waals surface area contributed by atoms with Gasteiger partial charge in [0.05, 0.1) is 11.7 Å². The number of ether oxygens (including phenoxy) is 2. The minimum atomic E-state index is -2.99. The monoisotopic (exact) mass is 437 g/mol. The number of fused-ring (bicyclic) bond motifs is 1. The number of anilines is 1. The third kappa shape index (κ3) is 4.56. The highest BCUT2D eigenvalue weighted by molar-refractivity contribution is 6.05. The van der Waals surface area contributed by atoms with Crippen molar-refractivity contribution >= 4 is 22.5 Å². The molecule has 0 fully saturated rings. The summed E-state index contributed by atoms with van der Waals surface area (Å²) in [6.45, 7) is -2.99. The van der Waals surface area contributed by atoms with Crippen LogP contribution in [0.25, 0.3) is 10.9 Å². The summed E-state index contributed by atoms with van der Waals surface area (Å²) in [5, 5.41) is 3.31.